The quantitative estimate of drug-likeness (QED) is 0.645. The Bertz CT molecular complexity index is 546. The van der Waals surface area contributed by atoms with Crippen molar-refractivity contribution in [1.82, 2.24) is 9.97 Å². The SMILES string of the molecule is NC(CO)c1cc(Br)c2[nH]c(=O)[nH]c2c1. The van der Waals surface area contributed by atoms with Gasteiger partial charge in [0.15, 0.2) is 0 Å². The molecule has 0 aliphatic carbocycles. The number of rotatable bonds is 2. The third kappa shape index (κ3) is 1.83. The topological polar surface area (TPSA) is 94.9 Å². The van der Waals surface area contributed by atoms with Crippen LogP contribution in [-0.2, 0) is 0 Å². The van der Waals surface area contributed by atoms with Gasteiger partial charge in [-0.25, -0.2) is 4.79 Å². The third-order valence-corrected chi connectivity index (χ3v) is 2.85. The van der Waals surface area contributed by atoms with Gasteiger partial charge in [-0.15, -0.1) is 0 Å². The summed E-state index contributed by atoms with van der Waals surface area (Å²) in [5.41, 5.74) is 7.57. The predicted octanol–water partition coefficient (Wildman–Crippen LogP) is 0.611. The van der Waals surface area contributed by atoms with E-state index < -0.39 is 6.04 Å². The zero-order valence-electron chi connectivity index (χ0n) is 7.75. The van der Waals surface area contributed by atoms with Crippen molar-refractivity contribution in [2.24, 2.45) is 5.73 Å². The molecule has 0 saturated carbocycles. The first-order chi connectivity index (χ1) is 7.11. The van der Waals surface area contributed by atoms with Gasteiger partial charge in [0.2, 0.25) is 0 Å². The van der Waals surface area contributed by atoms with Gasteiger partial charge in [0.05, 0.1) is 23.7 Å². The van der Waals surface area contributed by atoms with Crippen molar-refractivity contribution in [1.29, 1.82) is 0 Å². The molecule has 1 atom stereocenters. The third-order valence-electron chi connectivity index (χ3n) is 2.22. The molecular formula is C9H10BrN3O2. The number of hydrogen-bond donors (Lipinski definition) is 4. The smallest absolute Gasteiger partial charge is 0.323 e. The molecule has 0 saturated heterocycles. The zero-order chi connectivity index (χ0) is 11.0. The summed E-state index contributed by atoms with van der Waals surface area (Å²) in [6, 6.07) is 3.09. The van der Waals surface area contributed by atoms with Gasteiger partial charge in [0, 0.05) is 4.47 Å². The molecule has 1 aromatic carbocycles. The lowest BCUT2D eigenvalue weighted by Gasteiger charge is -2.08. The molecule has 0 aliphatic rings. The molecule has 2 rings (SSSR count). The van der Waals surface area contributed by atoms with Crippen LogP contribution in [0.4, 0.5) is 0 Å². The number of nitrogens with two attached hydrogens (primary N) is 1. The van der Waals surface area contributed by atoms with Gasteiger partial charge >= 0.3 is 5.69 Å². The minimum Gasteiger partial charge on any atom is -0.394 e. The minimum atomic E-state index is -0.441. The fraction of sp³-hybridized carbons (Fsp3) is 0.222. The van der Waals surface area contributed by atoms with Gasteiger partial charge in [0.1, 0.15) is 0 Å². The second-order valence-corrected chi connectivity index (χ2v) is 4.15. The van der Waals surface area contributed by atoms with Gasteiger partial charge in [-0.2, -0.15) is 0 Å². The molecule has 6 heteroatoms. The number of fused-ring (bicyclic) bond motifs is 1. The van der Waals surface area contributed by atoms with Gasteiger partial charge in [0.25, 0.3) is 0 Å². The van der Waals surface area contributed by atoms with Crippen LogP contribution < -0.4 is 11.4 Å². The average molecular weight is 272 g/mol. The normalized spacial score (nSPS) is 13.3. The monoisotopic (exact) mass is 271 g/mol. The van der Waals surface area contributed by atoms with Crippen LogP contribution >= 0.6 is 15.9 Å². The van der Waals surface area contributed by atoms with E-state index in [1.165, 1.54) is 0 Å². The molecule has 15 heavy (non-hydrogen) atoms. The number of nitrogens with one attached hydrogen (secondary N) is 2. The summed E-state index contributed by atoms with van der Waals surface area (Å²) >= 11 is 3.33. The standard InChI is InChI=1S/C9H10BrN3O2/c10-5-1-4(6(11)3-14)2-7-8(5)13-9(15)12-7/h1-2,6,14H,3,11H2,(H2,12,13,15). The second kappa shape index (κ2) is 3.80. The fourth-order valence-corrected chi connectivity index (χ4v) is 2.02. The maximum absolute atomic E-state index is 11.1. The molecule has 0 fully saturated rings. The van der Waals surface area contributed by atoms with Crippen molar-refractivity contribution < 1.29 is 5.11 Å². The van der Waals surface area contributed by atoms with E-state index in [0.717, 1.165) is 10.0 Å². The number of aromatic amines is 2. The highest BCUT2D eigenvalue weighted by Crippen LogP contribution is 2.24. The van der Waals surface area contributed by atoms with Crippen LogP contribution in [-0.4, -0.2) is 21.7 Å². The van der Waals surface area contributed by atoms with E-state index in [2.05, 4.69) is 25.9 Å². The molecule has 0 amide bonds. The first kappa shape index (κ1) is 10.4. The highest BCUT2D eigenvalue weighted by atomic mass is 79.9. The zero-order valence-corrected chi connectivity index (χ0v) is 9.34. The molecule has 1 unspecified atom stereocenters. The Morgan fingerprint density at radius 3 is 2.87 bits per heavy atom. The number of imidazole rings is 1. The molecule has 80 valence electrons. The number of aliphatic hydroxyl groups excluding tert-OH is 1. The molecular weight excluding hydrogens is 262 g/mol. The molecule has 0 bridgehead atoms. The van der Waals surface area contributed by atoms with Gasteiger partial charge < -0.3 is 20.8 Å². The number of aliphatic hydroxyl groups is 1. The summed E-state index contributed by atoms with van der Waals surface area (Å²) in [4.78, 5) is 16.4. The first-order valence-corrected chi connectivity index (χ1v) is 5.19. The van der Waals surface area contributed by atoms with E-state index in [-0.39, 0.29) is 12.3 Å². The minimum absolute atomic E-state index is 0.132. The highest BCUT2D eigenvalue weighted by molar-refractivity contribution is 9.10. The number of H-pyrrole nitrogens is 2. The number of halogens is 1. The lowest BCUT2D eigenvalue weighted by atomic mass is 10.1. The second-order valence-electron chi connectivity index (χ2n) is 3.29. The predicted molar refractivity (Wildman–Crippen MR) is 60.6 cm³/mol. The average Bonchev–Trinajstić information content (AvgIpc) is 2.58. The fourth-order valence-electron chi connectivity index (χ4n) is 1.44. The summed E-state index contributed by atoms with van der Waals surface area (Å²) < 4.78 is 0.747. The molecule has 0 spiro atoms. The molecule has 1 aromatic heterocycles. The summed E-state index contributed by atoms with van der Waals surface area (Å²) in [5, 5.41) is 8.94. The molecule has 0 radical (unpaired) electrons. The van der Waals surface area contributed by atoms with Gasteiger partial charge in [-0.1, -0.05) is 0 Å². The number of aromatic nitrogens is 2. The van der Waals surface area contributed by atoms with Crippen molar-refractivity contribution in [3.05, 3.63) is 32.7 Å². The van der Waals surface area contributed by atoms with Crippen molar-refractivity contribution in [2.45, 2.75) is 6.04 Å². The van der Waals surface area contributed by atoms with Crippen molar-refractivity contribution in [3.8, 4) is 0 Å². The Balaban J connectivity index is 2.66. The molecule has 5 N–H and O–H groups in total. The summed E-state index contributed by atoms with van der Waals surface area (Å²) in [6.07, 6.45) is 0. The van der Waals surface area contributed by atoms with Crippen LogP contribution in [0.1, 0.15) is 11.6 Å². The summed E-state index contributed by atoms with van der Waals surface area (Å²) in [5.74, 6) is 0. The molecule has 0 aliphatic heterocycles. The summed E-state index contributed by atoms with van der Waals surface area (Å²) in [7, 11) is 0. The van der Waals surface area contributed by atoms with Crippen LogP contribution in [0.2, 0.25) is 0 Å². The van der Waals surface area contributed by atoms with Crippen LogP contribution in [0, 0.1) is 0 Å². The van der Waals surface area contributed by atoms with E-state index in [9.17, 15) is 4.79 Å². The first-order valence-electron chi connectivity index (χ1n) is 4.39. The Labute approximate surface area is 93.4 Å². The highest BCUT2D eigenvalue weighted by Gasteiger charge is 2.09. The van der Waals surface area contributed by atoms with E-state index >= 15 is 0 Å². The van der Waals surface area contributed by atoms with E-state index in [0.29, 0.717) is 11.0 Å². The van der Waals surface area contributed by atoms with Gasteiger partial charge in [-0.3, -0.25) is 0 Å². The Morgan fingerprint density at radius 1 is 1.47 bits per heavy atom. The maximum Gasteiger partial charge on any atom is 0.323 e. The summed E-state index contributed by atoms with van der Waals surface area (Å²) in [6.45, 7) is -0.132. The lowest BCUT2D eigenvalue weighted by molar-refractivity contribution is 0.268. The van der Waals surface area contributed by atoms with Crippen molar-refractivity contribution in [3.63, 3.8) is 0 Å². The Kier molecular flexibility index (Phi) is 2.64. The van der Waals surface area contributed by atoms with Crippen LogP contribution in [0.5, 0.6) is 0 Å². The maximum atomic E-state index is 11.1. The number of benzene rings is 1. The van der Waals surface area contributed by atoms with Gasteiger partial charge in [-0.05, 0) is 33.6 Å². The van der Waals surface area contributed by atoms with E-state index in [1.54, 1.807) is 12.1 Å². The van der Waals surface area contributed by atoms with E-state index in [1.807, 2.05) is 0 Å². The van der Waals surface area contributed by atoms with Crippen molar-refractivity contribution in [2.75, 3.05) is 6.61 Å². The van der Waals surface area contributed by atoms with Crippen LogP contribution in [0.25, 0.3) is 11.0 Å². The molecule has 1 heterocycles. The van der Waals surface area contributed by atoms with Crippen molar-refractivity contribution >= 4 is 27.0 Å². The largest absolute Gasteiger partial charge is 0.394 e. The Morgan fingerprint density at radius 2 is 2.20 bits per heavy atom. The molecule has 5 nitrogen and oxygen atoms in total. The lowest BCUT2D eigenvalue weighted by Crippen LogP contribution is -2.14. The van der Waals surface area contributed by atoms with E-state index in [4.69, 9.17) is 10.8 Å². The van der Waals surface area contributed by atoms with Crippen LogP contribution in [0.15, 0.2) is 21.4 Å². The van der Waals surface area contributed by atoms with Crippen LogP contribution in [0.3, 0.4) is 0 Å². The molecule has 2 aromatic rings. The Hall–Kier alpha value is -1.11. The number of hydrogen-bond acceptors (Lipinski definition) is 3.